The van der Waals surface area contributed by atoms with Gasteiger partial charge < -0.3 is 5.32 Å². The quantitative estimate of drug-likeness (QED) is 0.778. The maximum absolute atomic E-state index is 12.0. The second kappa shape index (κ2) is 4.85. The monoisotopic (exact) mass is 311 g/mol. The number of halogens is 2. The minimum Gasteiger partial charge on any atom is -0.321 e. The topological polar surface area (TPSA) is 46.4 Å². The van der Waals surface area contributed by atoms with Gasteiger partial charge in [-0.25, -0.2) is 4.98 Å². The Balaban J connectivity index is 1.84. The van der Waals surface area contributed by atoms with Crippen LogP contribution in [0, 0.1) is 0 Å². The normalized spacial score (nSPS) is 10.8. The Kier molecular flexibility index (Phi) is 3.18. The molecule has 0 unspecified atom stereocenters. The number of carbonyl (C=O) groups is 1. The van der Waals surface area contributed by atoms with Gasteiger partial charge in [0.05, 0.1) is 10.0 Å². The fraction of sp³-hybridized carbons (Fsp3) is 0. The molecule has 0 atom stereocenters. The Morgan fingerprint density at radius 2 is 2.16 bits per heavy atom. The molecule has 0 aliphatic heterocycles. The highest BCUT2D eigenvalue weighted by Crippen LogP contribution is 2.25. The van der Waals surface area contributed by atoms with E-state index in [9.17, 15) is 4.79 Å². The molecule has 3 aromatic rings. The van der Waals surface area contributed by atoms with E-state index < -0.39 is 0 Å². The fourth-order valence-corrected chi connectivity index (χ4v) is 2.60. The summed E-state index contributed by atoms with van der Waals surface area (Å²) in [5, 5.41) is 5.47. The van der Waals surface area contributed by atoms with Crippen LogP contribution in [0.5, 0.6) is 0 Å². The number of fused-ring (bicyclic) bond motifs is 1. The molecule has 1 N–H and O–H groups in total. The number of benzene rings is 1. The molecule has 1 aromatic carbocycles. The van der Waals surface area contributed by atoms with Gasteiger partial charge in [0.25, 0.3) is 5.91 Å². The van der Waals surface area contributed by atoms with Crippen LogP contribution in [0.4, 0.5) is 5.69 Å². The first-order valence-corrected chi connectivity index (χ1v) is 6.95. The molecule has 2 heterocycles. The van der Waals surface area contributed by atoms with Crippen molar-refractivity contribution in [3.63, 3.8) is 0 Å². The van der Waals surface area contributed by atoms with Crippen LogP contribution < -0.4 is 5.32 Å². The molecule has 0 aliphatic rings. The van der Waals surface area contributed by atoms with E-state index in [1.54, 1.807) is 28.8 Å². The van der Waals surface area contributed by atoms with Gasteiger partial charge in [0.15, 0.2) is 4.96 Å². The molecule has 4 nitrogen and oxygen atoms in total. The highest BCUT2D eigenvalue weighted by molar-refractivity contribution is 7.15. The summed E-state index contributed by atoms with van der Waals surface area (Å²) in [7, 11) is 0. The van der Waals surface area contributed by atoms with Gasteiger partial charge in [-0.2, -0.15) is 0 Å². The molecule has 19 heavy (non-hydrogen) atoms. The van der Waals surface area contributed by atoms with Crippen LogP contribution in [0.25, 0.3) is 4.96 Å². The lowest BCUT2D eigenvalue weighted by molar-refractivity contribution is 0.102. The summed E-state index contributed by atoms with van der Waals surface area (Å²) in [6.45, 7) is 0. The van der Waals surface area contributed by atoms with Crippen molar-refractivity contribution < 1.29 is 4.79 Å². The number of amides is 1. The summed E-state index contributed by atoms with van der Waals surface area (Å²) in [6.07, 6.45) is 3.53. The Labute approximate surface area is 122 Å². The first-order valence-electron chi connectivity index (χ1n) is 5.32. The second-order valence-corrected chi connectivity index (χ2v) is 5.49. The number of imidazole rings is 1. The Morgan fingerprint density at radius 3 is 2.89 bits per heavy atom. The lowest BCUT2D eigenvalue weighted by atomic mass is 10.3. The third kappa shape index (κ3) is 2.45. The molecule has 2 aromatic heterocycles. The number of thiazole rings is 1. The van der Waals surface area contributed by atoms with Crippen LogP contribution in [0.1, 0.15) is 10.5 Å². The first kappa shape index (κ1) is 12.5. The van der Waals surface area contributed by atoms with Gasteiger partial charge in [0, 0.05) is 23.5 Å². The number of anilines is 1. The van der Waals surface area contributed by atoms with E-state index in [1.807, 2.05) is 11.6 Å². The average molecular weight is 312 g/mol. The van der Waals surface area contributed by atoms with Gasteiger partial charge in [-0.05, 0) is 18.2 Å². The summed E-state index contributed by atoms with van der Waals surface area (Å²) >= 11 is 13.2. The number of hydrogen-bond acceptors (Lipinski definition) is 3. The van der Waals surface area contributed by atoms with Crippen molar-refractivity contribution >= 4 is 51.1 Å². The van der Waals surface area contributed by atoms with Crippen molar-refractivity contribution in [3.8, 4) is 0 Å². The maximum Gasteiger partial charge on any atom is 0.275 e. The Bertz CT molecular complexity index is 737. The van der Waals surface area contributed by atoms with Gasteiger partial charge >= 0.3 is 0 Å². The van der Waals surface area contributed by atoms with Crippen LogP contribution in [-0.4, -0.2) is 15.3 Å². The number of hydrogen-bond donors (Lipinski definition) is 1. The third-order valence-corrected chi connectivity index (χ3v) is 4.01. The standard InChI is InChI=1S/C12H7Cl2N3OS/c13-8-2-1-7(5-9(8)14)15-11(18)10-6-17-3-4-19-12(17)16-10/h1-6H,(H,15,18). The molecular weight excluding hydrogens is 305 g/mol. The van der Waals surface area contributed by atoms with Crippen LogP contribution in [0.2, 0.25) is 10.0 Å². The fourth-order valence-electron chi connectivity index (χ4n) is 1.61. The summed E-state index contributed by atoms with van der Waals surface area (Å²) < 4.78 is 1.80. The molecule has 0 bridgehead atoms. The molecule has 0 fully saturated rings. The third-order valence-electron chi connectivity index (χ3n) is 2.50. The van der Waals surface area contributed by atoms with Crippen molar-refractivity contribution in [2.24, 2.45) is 0 Å². The summed E-state index contributed by atoms with van der Waals surface area (Å²) in [6, 6.07) is 4.91. The minimum atomic E-state index is -0.283. The number of aromatic nitrogens is 2. The van der Waals surface area contributed by atoms with Gasteiger partial charge in [-0.15, -0.1) is 11.3 Å². The van der Waals surface area contributed by atoms with E-state index in [-0.39, 0.29) is 5.91 Å². The number of carbonyl (C=O) groups excluding carboxylic acids is 1. The number of rotatable bonds is 2. The van der Waals surface area contributed by atoms with Crippen LogP contribution in [0.15, 0.2) is 36.0 Å². The predicted octanol–water partition coefficient (Wildman–Crippen LogP) is 3.95. The second-order valence-electron chi connectivity index (χ2n) is 3.80. The summed E-state index contributed by atoms with van der Waals surface area (Å²) in [5.74, 6) is -0.283. The zero-order valence-corrected chi connectivity index (χ0v) is 11.8. The van der Waals surface area contributed by atoms with Crippen LogP contribution in [-0.2, 0) is 0 Å². The van der Waals surface area contributed by atoms with Crippen molar-refractivity contribution in [3.05, 3.63) is 51.7 Å². The maximum atomic E-state index is 12.0. The highest BCUT2D eigenvalue weighted by Gasteiger charge is 2.12. The van der Waals surface area contributed by atoms with E-state index >= 15 is 0 Å². The Morgan fingerprint density at radius 1 is 1.32 bits per heavy atom. The molecular formula is C12H7Cl2N3OS. The van der Waals surface area contributed by atoms with Gasteiger partial charge in [-0.3, -0.25) is 9.20 Å². The lowest BCUT2D eigenvalue weighted by Crippen LogP contribution is -2.12. The highest BCUT2D eigenvalue weighted by atomic mass is 35.5. The molecule has 3 rings (SSSR count). The van der Waals surface area contributed by atoms with E-state index in [0.29, 0.717) is 21.4 Å². The van der Waals surface area contributed by atoms with E-state index in [4.69, 9.17) is 23.2 Å². The average Bonchev–Trinajstić information content (AvgIpc) is 2.94. The summed E-state index contributed by atoms with van der Waals surface area (Å²) in [4.78, 5) is 17.0. The summed E-state index contributed by atoms with van der Waals surface area (Å²) in [5.41, 5.74) is 0.939. The molecule has 7 heteroatoms. The molecule has 0 saturated carbocycles. The molecule has 0 saturated heterocycles. The van der Waals surface area contributed by atoms with Gasteiger partial charge in [-0.1, -0.05) is 23.2 Å². The van der Waals surface area contributed by atoms with E-state index in [1.165, 1.54) is 11.3 Å². The van der Waals surface area contributed by atoms with Crippen molar-refractivity contribution in [1.29, 1.82) is 0 Å². The Hall–Kier alpha value is -1.56. The molecule has 1 amide bonds. The SMILES string of the molecule is O=C(Nc1ccc(Cl)c(Cl)c1)c1cn2ccsc2n1. The molecule has 96 valence electrons. The van der Waals surface area contributed by atoms with E-state index in [2.05, 4.69) is 10.3 Å². The minimum absolute atomic E-state index is 0.283. The van der Waals surface area contributed by atoms with Crippen molar-refractivity contribution in [2.75, 3.05) is 5.32 Å². The lowest BCUT2D eigenvalue weighted by Gasteiger charge is -2.04. The first-order chi connectivity index (χ1) is 9.13. The number of nitrogens with zero attached hydrogens (tertiary/aromatic N) is 2. The van der Waals surface area contributed by atoms with Gasteiger partial charge in [0.1, 0.15) is 5.69 Å². The van der Waals surface area contributed by atoms with E-state index in [0.717, 1.165) is 4.96 Å². The van der Waals surface area contributed by atoms with Crippen molar-refractivity contribution in [1.82, 2.24) is 9.38 Å². The molecule has 0 aliphatic carbocycles. The van der Waals surface area contributed by atoms with Crippen LogP contribution >= 0.6 is 34.5 Å². The molecule has 0 radical (unpaired) electrons. The van der Waals surface area contributed by atoms with Crippen LogP contribution in [0.3, 0.4) is 0 Å². The van der Waals surface area contributed by atoms with Crippen molar-refractivity contribution in [2.45, 2.75) is 0 Å². The van der Waals surface area contributed by atoms with Gasteiger partial charge in [0.2, 0.25) is 0 Å². The zero-order chi connectivity index (χ0) is 13.4. The smallest absolute Gasteiger partial charge is 0.275 e. The zero-order valence-electron chi connectivity index (χ0n) is 9.43. The predicted molar refractivity (Wildman–Crippen MR) is 77.5 cm³/mol. The largest absolute Gasteiger partial charge is 0.321 e. The molecule has 0 spiro atoms. The number of nitrogens with one attached hydrogen (secondary N) is 1.